The Balaban J connectivity index is 1.39. The van der Waals surface area contributed by atoms with Gasteiger partial charge in [-0.05, 0) is 18.6 Å². The number of rotatable bonds is 5. The van der Waals surface area contributed by atoms with Crippen molar-refractivity contribution in [1.29, 1.82) is 0 Å². The maximum Gasteiger partial charge on any atom is 0.226 e. The van der Waals surface area contributed by atoms with Gasteiger partial charge in [0, 0.05) is 19.4 Å². The monoisotopic (exact) mass is 355 g/mol. The number of ether oxygens (including phenoxy) is 2. The quantitative estimate of drug-likeness (QED) is 0.735. The van der Waals surface area contributed by atoms with Gasteiger partial charge in [0.15, 0.2) is 5.75 Å². The Kier molecular flexibility index (Phi) is 4.34. The number of carbonyl (C=O) groups is 1. The van der Waals surface area contributed by atoms with Gasteiger partial charge < -0.3 is 19.2 Å². The van der Waals surface area contributed by atoms with Crippen molar-refractivity contribution < 1.29 is 14.3 Å². The van der Waals surface area contributed by atoms with E-state index >= 15 is 0 Å². The van der Waals surface area contributed by atoms with Crippen molar-refractivity contribution in [2.75, 3.05) is 13.2 Å². The minimum Gasteiger partial charge on any atom is -0.482 e. The van der Waals surface area contributed by atoms with Crippen LogP contribution in [0.4, 0.5) is 0 Å². The van der Waals surface area contributed by atoms with Crippen LogP contribution in [0.1, 0.15) is 11.3 Å². The molecule has 4 heterocycles. The number of carbonyl (C=O) groups excluding carboxylic acids is 1. The van der Waals surface area contributed by atoms with E-state index in [1.54, 1.807) is 17.1 Å². The van der Waals surface area contributed by atoms with E-state index in [4.69, 9.17) is 9.47 Å². The number of nitrogens with one attached hydrogen (secondary N) is 1. The third-order valence-electron chi connectivity index (χ3n) is 4.41. The number of aryl methyl sites for hydroxylation is 2. The predicted octanol–water partition coefficient (Wildman–Crippen LogP) is 0.881. The number of imidazole rings is 1. The maximum atomic E-state index is 12.4. The van der Waals surface area contributed by atoms with Crippen molar-refractivity contribution in [1.82, 2.24) is 24.5 Å². The fourth-order valence-electron chi connectivity index (χ4n) is 3.13. The van der Waals surface area contributed by atoms with Gasteiger partial charge in [0.25, 0.3) is 0 Å². The summed E-state index contributed by atoms with van der Waals surface area (Å²) in [6, 6.07) is 3.77. The summed E-state index contributed by atoms with van der Waals surface area (Å²) in [5.74, 6) is 0.569. The van der Waals surface area contributed by atoms with Gasteiger partial charge in [-0.15, -0.1) is 0 Å². The Morgan fingerprint density at radius 1 is 1.42 bits per heavy atom. The molecule has 0 aliphatic carbocycles. The summed E-state index contributed by atoms with van der Waals surface area (Å²) in [6.45, 7) is 2.87. The average Bonchev–Trinajstić information content (AvgIpc) is 3.30. The second-order valence-electron chi connectivity index (χ2n) is 6.55. The van der Waals surface area contributed by atoms with E-state index in [9.17, 15) is 4.79 Å². The lowest BCUT2D eigenvalue weighted by molar-refractivity contribution is -0.121. The molecule has 0 bridgehead atoms. The summed E-state index contributed by atoms with van der Waals surface area (Å²) in [6.07, 6.45) is 7.24. The van der Waals surface area contributed by atoms with Gasteiger partial charge in [0.2, 0.25) is 5.91 Å². The summed E-state index contributed by atoms with van der Waals surface area (Å²) in [4.78, 5) is 17.0. The second kappa shape index (κ2) is 6.80. The van der Waals surface area contributed by atoms with Crippen molar-refractivity contribution in [3.8, 4) is 5.75 Å². The number of nitrogens with zero attached hydrogens (tertiary/aromatic N) is 4. The number of hydrogen-bond acceptors (Lipinski definition) is 5. The van der Waals surface area contributed by atoms with Gasteiger partial charge >= 0.3 is 0 Å². The van der Waals surface area contributed by atoms with Crippen LogP contribution in [0.25, 0.3) is 5.65 Å². The van der Waals surface area contributed by atoms with Crippen LogP contribution in [0.5, 0.6) is 5.75 Å². The molecule has 1 aliphatic heterocycles. The molecule has 0 radical (unpaired) electrons. The zero-order valence-electron chi connectivity index (χ0n) is 14.8. The smallest absolute Gasteiger partial charge is 0.226 e. The Bertz CT molecular complexity index is 932. The molecule has 1 aliphatic rings. The highest BCUT2D eigenvalue weighted by atomic mass is 16.5. The van der Waals surface area contributed by atoms with Crippen LogP contribution in [-0.4, -0.2) is 50.4 Å². The summed E-state index contributed by atoms with van der Waals surface area (Å²) in [7, 11) is 1.83. The van der Waals surface area contributed by atoms with Gasteiger partial charge in [0.05, 0.1) is 43.8 Å². The van der Waals surface area contributed by atoms with Crippen LogP contribution in [0, 0.1) is 6.92 Å². The van der Waals surface area contributed by atoms with E-state index in [0.29, 0.717) is 19.0 Å². The molecule has 0 saturated carbocycles. The first-order valence-electron chi connectivity index (χ1n) is 8.54. The molecule has 26 heavy (non-hydrogen) atoms. The first kappa shape index (κ1) is 16.6. The highest BCUT2D eigenvalue weighted by molar-refractivity contribution is 5.78. The average molecular weight is 355 g/mol. The molecular weight excluding hydrogens is 334 g/mol. The summed E-state index contributed by atoms with van der Waals surface area (Å²) >= 11 is 0. The van der Waals surface area contributed by atoms with Crippen LogP contribution in [0.15, 0.2) is 36.9 Å². The molecule has 2 atom stereocenters. The van der Waals surface area contributed by atoms with E-state index in [1.165, 1.54) is 0 Å². The van der Waals surface area contributed by atoms with Crippen LogP contribution in [0.2, 0.25) is 0 Å². The first-order chi connectivity index (χ1) is 12.6. The number of fused-ring (bicyclic) bond motifs is 1. The van der Waals surface area contributed by atoms with E-state index in [1.807, 2.05) is 42.9 Å². The van der Waals surface area contributed by atoms with Crippen LogP contribution >= 0.6 is 0 Å². The largest absolute Gasteiger partial charge is 0.482 e. The normalized spacial score (nSPS) is 19.8. The molecule has 0 aromatic carbocycles. The molecule has 1 amide bonds. The second-order valence-corrected chi connectivity index (χ2v) is 6.55. The molecule has 8 heteroatoms. The van der Waals surface area contributed by atoms with Crippen molar-refractivity contribution in [2.45, 2.75) is 25.5 Å². The third-order valence-corrected chi connectivity index (χ3v) is 4.41. The van der Waals surface area contributed by atoms with Crippen molar-refractivity contribution in [3.63, 3.8) is 0 Å². The number of hydrogen-bond donors (Lipinski definition) is 1. The standard InChI is InChI=1S/C18H21N5O3/c1-12-4-3-5-23-8-13(20-18(12)23)6-17(24)21-15-10-25-11-16(15)26-14-7-19-22(2)9-14/h3-5,7-9,15-16H,6,10-11H2,1-2H3,(H,21,24)/t15-,16+/m0/s1. The molecule has 3 aromatic rings. The molecule has 8 nitrogen and oxygen atoms in total. The molecule has 0 spiro atoms. The van der Waals surface area contributed by atoms with E-state index in [2.05, 4.69) is 15.4 Å². The molecule has 4 rings (SSSR count). The zero-order chi connectivity index (χ0) is 18.1. The van der Waals surface area contributed by atoms with Gasteiger partial charge in [-0.3, -0.25) is 9.48 Å². The SMILES string of the molecule is Cc1cccn2cc(CC(=O)N[C@H]3COC[C@H]3Oc3cnn(C)c3)nc12. The van der Waals surface area contributed by atoms with Crippen LogP contribution in [0.3, 0.4) is 0 Å². The van der Waals surface area contributed by atoms with Gasteiger partial charge in [-0.25, -0.2) is 4.98 Å². The van der Waals surface area contributed by atoms with Crippen LogP contribution < -0.4 is 10.1 Å². The fraction of sp³-hybridized carbons (Fsp3) is 0.389. The zero-order valence-corrected chi connectivity index (χ0v) is 14.8. The number of amides is 1. The minimum atomic E-state index is -0.230. The first-order valence-corrected chi connectivity index (χ1v) is 8.54. The van der Waals surface area contributed by atoms with E-state index in [0.717, 1.165) is 16.9 Å². The summed E-state index contributed by atoms with van der Waals surface area (Å²) in [5.41, 5.74) is 2.69. The summed E-state index contributed by atoms with van der Waals surface area (Å²) < 4.78 is 15.0. The maximum absolute atomic E-state index is 12.4. The Hall–Kier alpha value is -2.87. The van der Waals surface area contributed by atoms with Crippen LogP contribution in [-0.2, 0) is 23.0 Å². The predicted molar refractivity (Wildman–Crippen MR) is 94.0 cm³/mol. The van der Waals surface area contributed by atoms with E-state index < -0.39 is 0 Å². The summed E-state index contributed by atoms with van der Waals surface area (Å²) in [5, 5.41) is 7.08. The highest BCUT2D eigenvalue weighted by Gasteiger charge is 2.31. The van der Waals surface area contributed by atoms with Crippen molar-refractivity contribution >= 4 is 11.6 Å². The molecule has 1 fully saturated rings. The van der Waals surface area contributed by atoms with E-state index in [-0.39, 0.29) is 24.5 Å². The molecule has 1 saturated heterocycles. The highest BCUT2D eigenvalue weighted by Crippen LogP contribution is 2.16. The lowest BCUT2D eigenvalue weighted by Crippen LogP contribution is -2.45. The Labute approximate surface area is 150 Å². The van der Waals surface area contributed by atoms with Gasteiger partial charge in [0.1, 0.15) is 11.8 Å². The minimum absolute atomic E-state index is 0.0960. The van der Waals surface area contributed by atoms with Gasteiger partial charge in [-0.1, -0.05) is 6.07 Å². The molecule has 0 unspecified atom stereocenters. The lowest BCUT2D eigenvalue weighted by atomic mass is 10.2. The lowest BCUT2D eigenvalue weighted by Gasteiger charge is -2.19. The number of pyridine rings is 1. The Morgan fingerprint density at radius 3 is 3.08 bits per heavy atom. The van der Waals surface area contributed by atoms with Crippen molar-refractivity contribution in [2.24, 2.45) is 7.05 Å². The van der Waals surface area contributed by atoms with Crippen molar-refractivity contribution in [3.05, 3.63) is 48.2 Å². The molecule has 1 N–H and O–H groups in total. The molecule has 3 aromatic heterocycles. The third kappa shape index (κ3) is 3.41. The Morgan fingerprint density at radius 2 is 2.31 bits per heavy atom. The van der Waals surface area contributed by atoms with Gasteiger partial charge in [-0.2, -0.15) is 5.10 Å². The molecular formula is C18H21N5O3. The molecule has 136 valence electrons. The fourth-order valence-corrected chi connectivity index (χ4v) is 3.13. The topological polar surface area (TPSA) is 82.7 Å². The number of aromatic nitrogens is 4.